The minimum atomic E-state index is 0.153. The molecule has 18 heavy (non-hydrogen) atoms. The van der Waals surface area contributed by atoms with Crippen molar-refractivity contribution in [1.82, 2.24) is 5.32 Å². The molecule has 0 heterocycles. The average molecular weight is 254 g/mol. The van der Waals surface area contributed by atoms with Gasteiger partial charge in [0.25, 0.3) is 0 Å². The van der Waals surface area contributed by atoms with Crippen molar-refractivity contribution < 1.29 is 4.79 Å². The smallest absolute Gasteiger partial charge is 0.223 e. The van der Waals surface area contributed by atoms with Crippen LogP contribution in [0.3, 0.4) is 0 Å². The molecule has 1 amide bonds. The summed E-state index contributed by atoms with van der Waals surface area (Å²) in [4.78, 5) is 12.2. The Balaban J connectivity index is 2.44. The lowest BCUT2D eigenvalue weighted by molar-refractivity contribution is -0.126. The molecule has 0 aromatic heterocycles. The summed E-state index contributed by atoms with van der Waals surface area (Å²) in [7, 11) is 0. The molecule has 3 N–H and O–H groups in total. The highest BCUT2D eigenvalue weighted by Crippen LogP contribution is 2.18. The lowest BCUT2D eigenvalue weighted by atomic mass is 9.96. The van der Waals surface area contributed by atoms with Gasteiger partial charge in [0.2, 0.25) is 5.91 Å². The zero-order valence-corrected chi connectivity index (χ0v) is 12.1. The predicted octanol–water partition coefficient (Wildman–Crippen LogP) is 2.98. The summed E-state index contributed by atoms with van der Waals surface area (Å²) in [6, 6.07) is 0.357. The van der Waals surface area contributed by atoms with Gasteiger partial charge in [-0.2, -0.15) is 0 Å². The van der Waals surface area contributed by atoms with Crippen LogP contribution >= 0.6 is 0 Å². The molecule has 0 bridgehead atoms. The van der Waals surface area contributed by atoms with E-state index in [1.165, 1.54) is 19.3 Å². The maximum absolute atomic E-state index is 12.2. The molecule has 106 valence electrons. The molecular formula is C15H30N2O. The van der Waals surface area contributed by atoms with Crippen molar-refractivity contribution >= 4 is 5.91 Å². The Bertz CT molecular complexity index is 243. The molecule has 0 spiro atoms. The summed E-state index contributed by atoms with van der Waals surface area (Å²) >= 11 is 0. The number of hydrogen-bond donors (Lipinski definition) is 2. The Morgan fingerprint density at radius 2 is 2.00 bits per heavy atom. The van der Waals surface area contributed by atoms with Gasteiger partial charge in [0, 0.05) is 18.0 Å². The minimum absolute atomic E-state index is 0.153. The van der Waals surface area contributed by atoms with Gasteiger partial charge in [0.15, 0.2) is 0 Å². The van der Waals surface area contributed by atoms with Crippen LogP contribution in [0.2, 0.25) is 0 Å². The molecule has 0 radical (unpaired) electrons. The van der Waals surface area contributed by atoms with E-state index in [0.29, 0.717) is 0 Å². The van der Waals surface area contributed by atoms with E-state index in [-0.39, 0.29) is 23.9 Å². The zero-order valence-electron chi connectivity index (χ0n) is 12.1. The van der Waals surface area contributed by atoms with Crippen LogP contribution in [0, 0.1) is 5.92 Å². The third-order valence-corrected chi connectivity index (χ3v) is 4.17. The fraction of sp³-hybridized carbons (Fsp3) is 0.933. The SMILES string of the molecule is CCCCC(CC)C(=O)NC1CCCCCC1N. The number of hydrogen-bond acceptors (Lipinski definition) is 2. The first-order chi connectivity index (χ1) is 8.69. The number of rotatable bonds is 6. The van der Waals surface area contributed by atoms with Gasteiger partial charge in [-0.05, 0) is 25.7 Å². The lowest BCUT2D eigenvalue weighted by Gasteiger charge is -2.25. The number of amides is 1. The van der Waals surface area contributed by atoms with Gasteiger partial charge in [-0.3, -0.25) is 4.79 Å². The fourth-order valence-electron chi connectivity index (χ4n) is 2.79. The van der Waals surface area contributed by atoms with Crippen LogP contribution in [0.1, 0.15) is 71.6 Å². The summed E-state index contributed by atoms with van der Waals surface area (Å²) in [6.45, 7) is 4.28. The molecule has 1 rings (SSSR count). The Morgan fingerprint density at radius 1 is 1.28 bits per heavy atom. The Morgan fingerprint density at radius 3 is 2.67 bits per heavy atom. The van der Waals surface area contributed by atoms with Crippen LogP contribution < -0.4 is 11.1 Å². The monoisotopic (exact) mass is 254 g/mol. The standard InChI is InChI=1S/C15H30N2O/c1-3-5-9-12(4-2)15(18)17-14-11-8-6-7-10-13(14)16/h12-14H,3-11,16H2,1-2H3,(H,17,18). The highest BCUT2D eigenvalue weighted by molar-refractivity contribution is 5.78. The first-order valence-electron chi connectivity index (χ1n) is 7.75. The normalized spacial score (nSPS) is 26.4. The van der Waals surface area contributed by atoms with E-state index in [9.17, 15) is 4.79 Å². The summed E-state index contributed by atoms with van der Waals surface area (Å²) in [6.07, 6.45) is 10.0. The molecule has 0 aromatic rings. The van der Waals surface area contributed by atoms with Crippen molar-refractivity contribution in [3.63, 3.8) is 0 Å². The summed E-state index contributed by atoms with van der Waals surface area (Å²) in [5, 5.41) is 3.20. The molecule has 3 heteroatoms. The van der Waals surface area contributed by atoms with Gasteiger partial charge < -0.3 is 11.1 Å². The number of carbonyl (C=O) groups excluding carboxylic acids is 1. The fourth-order valence-corrected chi connectivity index (χ4v) is 2.79. The zero-order chi connectivity index (χ0) is 13.4. The molecular weight excluding hydrogens is 224 g/mol. The van der Waals surface area contributed by atoms with Gasteiger partial charge in [-0.25, -0.2) is 0 Å². The van der Waals surface area contributed by atoms with E-state index in [1.807, 2.05) is 0 Å². The van der Waals surface area contributed by atoms with Crippen molar-refractivity contribution in [1.29, 1.82) is 0 Å². The molecule has 3 unspecified atom stereocenters. The van der Waals surface area contributed by atoms with E-state index < -0.39 is 0 Å². The maximum Gasteiger partial charge on any atom is 0.223 e. The van der Waals surface area contributed by atoms with Crippen LogP contribution in [0.25, 0.3) is 0 Å². The van der Waals surface area contributed by atoms with Crippen molar-refractivity contribution in [3.05, 3.63) is 0 Å². The average Bonchev–Trinajstić information content (AvgIpc) is 2.56. The molecule has 1 saturated carbocycles. The Hall–Kier alpha value is -0.570. The summed E-state index contributed by atoms with van der Waals surface area (Å²) < 4.78 is 0. The van der Waals surface area contributed by atoms with Crippen LogP contribution in [-0.4, -0.2) is 18.0 Å². The highest BCUT2D eigenvalue weighted by Gasteiger charge is 2.24. The second-order valence-electron chi connectivity index (χ2n) is 5.66. The number of unbranched alkanes of at least 4 members (excludes halogenated alkanes) is 1. The molecule has 1 aliphatic rings. The van der Waals surface area contributed by atoms with Crippen LogP contribution in [0.15, 0.2) is 0 Å². The summed E-state index contributed by atoms with van der Waals surface area (Å²) in [5.74, 6) is 0.411. The van der Waals surface area contributed by atoms with Gasteiger partial charge in [-0.15, -0.1) is 0 Å². The third-order valence-electron chi connectivity index (χ3n) is 4.17. The van der Waals surface area contributed by atoms with E-state index in [4.69, 9.17) is 5.73 Å². The molecule has 1 fully saturated rings. The maximum atomic E-state index is 12.2. The minimum Gasteiger partial charge on any atom is -0.352 e. The Labute approximate surface area is 112 Å². The van der Waals surface area contributed by atoms with Gasteiger partial charge in [0.05, 0.1) is 0 Å². The molecule has 0 aliphatic heterocycles. The first kappa shape index (κ1) is 15.5. The summed E-state index contributed by atoms with van der Waals surface area (Å²) in [5.41, 5.74) is 6.15. The van der Waals surface area contributed by atoms with E-state index >= 15 is 0 Å². The van der Waals surface area contributed by atoms with Crippen molar-refractivity contribution in [2.45, 2.75) is 83.7 Å². The van der Waals surface area contributed by atoms with Gasteiger partial charge in [-0.1, -0.05) is 46.0 Å². The van der Waals surface area contributed by atoms with Crippen LogP contribution in [0.4, 0.5) is 0 Å². The predicted molar refractivity (Wildman–Crippen MR) is 76.3 cm³/mol. The topological polar surface area (TPSA) is 55.1 Å². The van der Waals surface area contributed by atoms with Gasteiger partial charge >= 0.3 is 0 Å². The van der Waals surface area contributed by atoms with E-state index in [0.717, 1.165) is 38.5 Å². The lowest BCUT2D eigenvalue weighted by Crippen LogP contribution is -2.48. The second kappa shape index (κ2) is 8.52. The molecule has 3 nitrogen and oxygen atoms in total. The highest BCUT2D eigenvalue weighted by atomic mass is 16.1. The van der Waals surface area contributed by atoms with Crippen LogP contribution in [0.5, 0.6) is 0 Å². The number of nitrogens with two attached hydrogens (primary N) is 1. The molecule has 3 atom stereocenters. The number of nitrogens with one attached hydrogen (secondary N) is 1. The molecule has 0 saturated heterocycles. The molecule has 0 aromatic carbocycles. The Kier molecular flexibility index (Phi) is 7.33. The van der Waals surface area contributed by atoms with Crippen molar-refractivity contribution in [2.24, 2.45) is 11.7 Å². The first-order valence-corrected chi connectivity index (χ1v) is 7.75. The van der Waals surface area contributed by atoms with Crippen molar-refractivity contribution in [2.75, 3.05) is 0 Å². The van der Waals surface area contributed by atoms with Crippen LogP contribution in [-0.2, 0) is 4.79 Å². The van der Waals surface area contributed by atoms with Crippen molar-refractivity contribution in [3.8, 4) is 0 Å². The second-order valence-corrected chi connectivity index (χ2v) is 5.66. The van der Waals surface area contributed by atoms with E-state index in [1.54, 1.807) is 0 Å². The molecule has 1 aliphatic carbocycles. The third kappa shape index (κ3) is 4.97. The quantitative estimate of drug-likeness (QED) is 0.716. The van der Waals surface area contributed by atoms with E-state index in [2.05, 4.69) is 19.2 Å². The number of carbonyl (C=O) groups is 1. The largest absolute Gasteiger partial charge is 0.352 e. The van der Waals surface area contributed by atoms with Gasteiger partial charge in [0.1, 0.15) is 0 Å².